The van der Waals surface area contributed by atoms with Gasteiger partial charge in [0.05, 0.1) is 13.4 Å². The van der Waals surface area contributed by atoms with Crippen LogP contribution < -0.4 is 0 Å². The summed E-state index contributed by atoms with van der Waals surface area (Å²) in [5, 5.41) is 0. The molecule has 5 rings (SSSR count). The molecule has 3 aromatic rings. The zero-order valence-electron chi connectivity index (χ0n) is 18.7. The van der Waals surface area contributed by atoms with Crippen molar-refractivity contribution in [3.05, 3.63) is 125 Å². The highest BCUT2D eigenvalue weighted by atomic mass is 32.2. The van der Waals surface area contributed by atoms with Crippen LogP contribution in [0.2, 0.25) is 0 Å². The monoisotopic (exact) mass is 508 g/mol. The van der Waals surface area contributed by atoms with Gasteiger partial charge in [-0.05, 0) is 43.2 Å². The molecule has 0 bridgehead atoms. The van der Waals surface area contributed by atoms with Crippen molar-refractivity contribution in [1.82, 2.24) is 0 Å². The van der Waals surface area contributed by atoms with E-state index >= 15 is 0 Å². The number of allylic oxidation sites excluding steroid dienone is 2. The predicted octanol–water partition coefficient (Wildman–Crippen LogP) is 9.25. The number of hydrogen-bond donors (Lipinski definition) is 0. The van der Waals surface area contributed by atoms with E-state index in [1.807, 2.05) is 60.4 Å². The summed E-state index contributed by atoms with van der Waals surface area (Å²) >= 11 is 7.40. The van der Waals surface area contributed by atoms with Crippen molar-refractivity contribution in [2.45, 2.75) is 13.8 Å². The smallest absolute Gasteiger partial charge is 0.0776 e. The second-order valence-corrected chi connectivity index (χ2v) is 12.3. The molecule has 4 heteroatoms. The van der Waals surface area contributed by atoms with Gasteiger partial charge < -0.3 is 0 Å². The predicted molar refractivity (Wildman–Crippen MR) is 156 cm³/mol. The van der Waals surface area contributed by atoms with Gasteiger partial charge in [0.2, 0.25) is 0 Å². The summed E-state index contributed by atoms with van der Waals surface area (Å²) in [6.07, 6.45) is 0. The third-order valence-electron chi connectivity index (χ3n) is 5.05. The van der Waals surface area contributed by atoms with Gasteiger partial charge in [-0.2, -0.15) is 0 Å². The van der Waals surface area contributed by atoms with Gasteiger partial charge in [-0.3, -0.25) is 0 Å². The van der Waals surface area contributed by atoms with Gasteiger partial charge in [0.15, 0.2) is 0 Å². The van der Waals surface area contributed by atoms with Crippen molar-refractivity contribution < 1.29 is 0 Å². The molecule has 0 N–H and O–H groups in total. The highest BCUT2D eigenvalue weighted by molar-refractivity contribution is 8.37. The molecule has 164 valence electrons. The molecule has 3 aromatic carbocycles. The van der Waals surface area contributed by atoms with Crippen LogP contribution in [0.5, 0.6) is 0 Å². The van der Waals surface area contributed by atoms with E-state index in [-0.39, 0.29) is 0 Å². The zero-order valence-corrected chi connectivity index (χ0v) is 22.0. The van der Waals surface area contributed by atoms with Crippen LogP contribution in [0.15, 0.2) is 103 Å². The second-order valence-electron chi connectivity index (χ2n) is 7.46. The molecule has 0 saturated carbocycles. The molecule has 0 fully saturated rings. The Morgan fingerprint density at radius 3 is 1.82 bits per heavy atom. The molecule has 0 aromatic heterocycles. The molecular formula is C30H20S4. The number of hydrogen-bond acceptors (Lipinski definition) is 4. The van der Waals surface area contributed by atoms with Gasteiger partial charge in [0, 0.05) is 25.8 Å². The van der Waals surface area contributed by atoms with E-state index in [1.54, 1.807) is 11.8 Å². The van der Waals surface area contributed by atoms with Crippen LogP contribution in [0.25, 0.3) is 9.81 Å². The SMILES string of the molecule is CC#Cc1cccc(C#CC2=C(c3ccccc3)SC(=C3SC(C)=C(c4ccccc4)S3)S2)c1. The molecular weight excluding hydrogens is 489 g/mol. The van der Waals surface area contributed by atoms with Crippen LogP contribution in [-0.4, -0.2) is 0 Å². The van der Waals surface area contributed by atoms with E-state index < -0.39 is 0 Å². The summed E-state index contributed by atoms with van der Waals surface area (Å²) in [7, 11) is 0. The molecule has 0 spiro atoms. The Morgan fingerprint density at radius 2 is 1.15 bits per heavy atom. The van der Waals surface area contributed by atoms with E-state index in [2.05, 4.69) is 97.3 Å². The van der Waals surface area contributed by atoms with Crippen molar-refractivity contribution in [2.75, 3.05) is 0 Å². The van der Waals surface area contributed by atoms with Crippen LogP contribution in [0.1, 0.15) is 36.1 Å². The van der Waals surface area contributed by atoms with Crippen molar-refractivity contribution in [3.8, 4) is 23.7 Å². The van der Waals surface area contributed by atoms with Crippen LogP contribution in [0.3, 0.4) is 0 Å². The van der Waals surface area contributed by atoms with Crippen LogP contribution in [0.4, 0.5) is 0 Å². The van der Waals surface area contributed by atoms with Crippen LogP contribution in [0, 0.1) is 23.7 Å². The lowest BCUT2D eigenvalue weighted by molar-refractivity contribution is 1.59. The highest BCUT2D eigenvalue weighted by Gasteiger charge is 2.29. The Bertz CT molecular complexity index is 1450. The zero-order chi connectivity index (χ0) is 23.3. The lowest BCUT2D eigenvalue weighted by Crippen LogP contribution is -1.80. The minimum atomic E-state index is 0.986. The Labute approximate surface area is 218 Å². The van der Waals surface area contributed by atoms with Gasteiger partial charge in [-0.25, -0.2) is 0 Å². The molecule has 0 radical (unpaired) electrons. The molecule has 2 heterocycles. The Kier molecular flexibility index (Phi) is 7.33. The first-order valence-corrected chi connectivity index (χ1v) is 14.0. The first-order valence-electron chi connectivity index (χ1n) is 10.8. The summed E-state index contributed by atoms with van der Waals surface area (Å²) in [6, 6.07) is 29.4. The third kappa shape index (κ3) is 5.22. The molecule has 2 aliphatic heterocycles. The van der Waals surface area contributed by atoms with E-state index in [4.69, 9.17) is 0 Å². The molecule has 0 nitrogen and oxygen atoms in total. The Balaban J connectivity index is 1.47. The summed E-state index contributed by atoms with van der Waals surface area (Å²) in [6.45, 7) is 4.08. The fourth-order valence-corrected chi connectivity index (χ4v) is 8.94. The topological polar surface area (TPSA) is 0 Å². The van der Waals surface area contributed by atoms with Crippen molar-refractivity contribution in [1.29, 1.82) is 0 Å². The average molecular weight is 509 g/mol. The molecule has 34 heavy (non-hydrogen) atoms. The van der Waals surface area contributed by atoms with E-state index in [0.717, 1.165) is 16.0 Å². The Hall–Kier alpha value is -2.60. The molecule has 0 amide bonds. The molecule has 0 unspecified atom stereocenters. The maximum Gasteiger partial charge on any atom is 0.0776 e. The lowest BCUT2D eigenvalue weighted by atomic mass is 10.1. The Morgan fingerprint density at radius 1 is 0.559 bits per heavy atom. The molecule has 0 atom stereocenters. The van der Waals surface area contributed by atoms with Crippen molar-refractivity contribution in [2.24, 2.45) is 0 Å². The maximum absolute atomic E-state index is 3.48. The van der Waals surface area contributed by atoms with Gasteiger partial charge in [0.25, 0.3) is 0 Å². The van der Waals surface area contributed by atoms with Gasteiger partial charge in [-0.1, -0.05) is 132 Å². The molecule has 2 aliphatic rings. The molecule has 0 saturated heterocycles. The number of rotatable bonds is 2. The van der Waals surface area contributed by atoms with Gasteiger partial charge in [-0.15, -0.1) is 5.92 Å². The fourth-order valence-electron chi connectivity index (χ4n) is 3.50. The summed E-state index contributed by atoms with van der Waals surface area (Å²) in [4.78, 5) is 5.05. The second kappa shape index (κ2) is 10.8. The van der Waals surface area contributed by atoms with Crippen molar-refractivity contribution >= 4 is 56.9 Å². The van der Waals surface area contributed by atoms with Crippen LogP contribution >= 0.6 is 47.0 Å². The summed E-state index contributed by atoms with van der Waals surface area (Å²) < 4.78 is 2.66. The van der Waals surface area contributed by atoms with E-state index in [1.165, 1.54) is 34.3 Å². The summed E-state index contributed by atoms with van der Waals surface area (Å²) in [5.41, 5.74) is 4.48. The van der Waals surface area contributed by atoms with Crippen LogP contribution in [-0.2, 0) is 0 Å². The number of thioether (sulfide) groups is 4. The number of benzene rings is 3. The van der Waals surface area contributed by atoms with Crippen molar-refractivity contribution in [3.63, 3.8) is 0 Å². The average Bonchev–Trinajstić information content (AvgIpc) is 3.48. The minimum absolute atomic E-state index is 0.986. The standard InChI is InChI=1S/C30H20S4/c1-3-11-22-12-10-13-23(20-22)18-19-26-28(25-16-8-5-9-17-25)34-30(32-26)29-31-21(2)27(33-29)24-14-6-4-7-15-24/h4-10,12-17,20H,1-2H3. The van der Waals surface area contributed by atoms with E-state index in [9.17, 15) is 0 Å². The van der Waals surface area contributed by atoms with Gasteiger partial charge in [0.1, 0.15) is 0 Å². The minimum Gasteiger partial charge on any atom is -0.101 e. The maximum atomic E-state index is 3.48. The summed E-state index contributed by atoms with van der Waals surface area (Å²) in [5.74, 6) is 12.9. The fraction of sp³-hybridized carbons (Fsp3) is 0.0667. The molecule has 0 aliphatic carbocycles. The first kappa shape index (κ1) is 23.2. The third-order valence-corrected chi connectivity index (χ3v) is 10.8. The van der Waals surface area contributed by atoms with Gasteiger partial charge >= 0.3 is 0 Å². The highest BCUT2D eigenvalue weighted by Crippen LogP contribution is 2.63. The quantitative estimate of drug-likeness (QED) is 0.316. The lowest BCUT2D eigenvalue weighted by Gasteiger charge is -2.04. The first-order chi connectivity index (χ1) is 16.7. The van der Waals surface area contributed by atoms with E-state index in [0.29, 0.717) is 0 Å². The normalized spacial score (nSPS) is 17.4. The largest absolute Gasteiger partial charge is 0.101 e.